The Morgan fingerprint density at radius 2 is 1.95 bits per heavy atom. The molecule has 0 radical (unpaired) electrons. The molecule has 0 aliphatic heterocycles. The van der Waals surface area contributed by atoms with Crippen LogP contribution in [0.15, 0.2) is 18.2 Å². The van der Waals surface area contributed by atoms with Crippen LogP contribution in [0.2, 0.25) is 0 Å². The van der Waals surface area contributed by atoms with Gasteiger partial charge in [-0.15, -0.1) is 0 Å². The zero-order valence-corrected chi connectivity index (χ0v) is 12.7. The van der Waals surface area contributed by atoms with Gasteiger partial charge in [-0.3, -0.25) is 4.79 Å². The molecule has 21 heavy (non-hydrogen) atoms. The summed E-state index contributed by atoms with van der Waals surface area (Å²) >= 11 is 0. The van der Waals surface area contributed by atoms with Gasteiger partial charge in [0.05, 0.1) is 13.2 Å². The van der Waals surface area contributed by atoms with Crippen molar-refractivity contribution < 1.29 is 19.0 Å². The van der Waals surface area contributed by atoms with Crippen LogP contribution in [0.1, 0.15) is 12.0 Å². The number of carbonyl (C=O) groups is 1. The second-order valence-corrected chi connectivity index (χ2v) is 4.63. The van der Waals surface area contributed by atoms with Gasteiger partial charge in [-0.2, -0.15) is 0 Å². The van der Waals surface area contributed by atoms with E-state index in [1.165, 1.54) is 0 Å². The lowest BCUT2D eigenvalue weighted by Crippen LogP contribution is -2.19. The number of nitrogen functional groups attached to an aromatic ring is 1. The van der Waals surface area contributed by atoms with Gasteiger partial charge in [-0.05, 0) is 31.0 Å². The molecular weight excluding hydrogens is 272 g/mol. The van der Waals surface area contributed by atoms with E-state index in [1.54, 1.807) is 13.2 Å². The van der Waals surface area contributed by atoms with E-state index >= 15 is 0 Å². The summed E-state index contributed by atoms with van der Waals surface area (Å²) in [6.07, 6.45) is 0.745. The SMILES string of the molecule is COCCOCCCOCC(=O)Nc1ccc(C)c(N)c1. The summed E-state index contributed by atoms with van der Waals surface area (Å²) in [6, 6.07) is 5.41. The summed E-state index contributed by atoms with van der Waals surface area (Å²) in [4.78, 5) is 11.7. The van der Waals surface area contributed by atoms with E-state index in [2.05, 4.69) is 5.32 Å². The van der Waals surface area contributed by atoms with Crippen LogP contribution in [0.4, 0.5) is 11.4 Å². The summed E-state index contributed by atoms with van der Waals surface area (Å²) in [5.41, 5.74) is 8.09. The molecule has 0 fully saturated rings. The van der Waals surface area contributed by atoms with Gasteiger partial charge in [0.1, 0.15) is 6.61 Å². The lowest BCUT2D eigenvalue weighted by Gasteiger charge is -2.08. The van der Waals surface area contributed by atoms with Crippen molar-refractivity contribution >= 4 is 17.3 Å². The van der Waals surface area contributed by atoms with Crippen LogP contribution in [0.5, 0.6) is 0 Å². The number of rotatable bonds is 10. The number of nitrogens with one attached hydrogen (secondary N) is 1. The first-order valence-corrected chi connectivity index (χ1v) is 6.94. The summed E-state index contributed by atoms with van der Waals surface area (Å²) in [5, 5.41) is 2.74. The number of aryl methyl sites for hydroxylation is 1. The first kappa shape index (κ1) is 17.4. The highest BCUT2D eigenvalue weighted by molar-refractivity contribution is 5.92. The molecule has 0 aliphatic rings. The number of benzene rings is 1. The Balaban J connectivity index is 2.10. The Morgan fingerprint density at radius 1 is 1.19 bits per heavy atom. The molecule has 1 amide bonds. The van der Waals surface area contributed by atoms with Crippen molar-refractivity contribution in [2.24, 2.45) is 0 Å². The van der Waals surface area contributed by atoms with E-state index in [4.69, 9.17) is 19.9 Å². The monoisotopic (exact) mass is 296 g/mol. The number of nitrogens with two attached hydrogens (primary N) is 1. The molecule has 0 bridgehead atoms. The number of hydrogen-bond acceptors (Lipinski definition) is 5. The predicted molar refractivity (Wildman–Crippen MR) is 82.4 cm³/mol. The Labute approximate surface area is 125 Å². The maximum atomic E-state index is 11.7. The predicted octanol–water partition coefficient (Wildman–Crippen LogP) is 1.59. The Bertz CT molecular complexity index is 438. The number of amides is 1. The zero-order valence-electron chi connectivity index (χ0n) is 12.7. The molecule has 0 atom stereocenters. The third-order valence-electron chi connectivity index (χ3n) is 2.81. The molecule has 118 valence electrons. The molecule has 0 aliphatic carbocycles. The molecule has 1 aromatic carbocycles. The zero-order chi connectivity index (χ0) is 15.5. The highest BCUT2D eigenvalue weighted by Gasteiger charge is 2.03. The number of anilines is 2. The molecule has 0 spiro atoms. The van der Waals surface area contributed by atoms with Gasteiger partial charge in [-0.25, -0.2) is 0 Å². The maximum absolute atomic E-state index is 11.7. The number of carbonyl (C=O) groups excluding carboxylic acids is 1. The minimum atomic E-state index is -0.196. The Kier molecular flexibility index (Phi) is 8.42. The topological polar surface area (TPSA) is 82.8 Å². The van der Waals surface area contributed by atoms with Gasteiger partial charge < -0.3 is 25.3 Å². The van der Waals surface area contributed by atoms with Gasteiger partial charge in [0, 0.05) is 31.7 Å². The quantitative estimate of drug-likeness (QED) is 0.506. The second-order valence-electron chi connectivity index (χ2n) is 4.63. The van der Waals surface area contributed by atoms with Crippen LogP contribution >= 0.6 is 0 Å². The third kappa shape index (κ3) is 7.65. The molecule has 1 aromatic rings. The van der Waals surface area contributed by atoms with Crippen LogP contribution in [0, 0.1) is 6.92 Å². The summed E-state index contributed by atoms with van der Waals surface area (Å²) in [5.74, 6) is -0.196. The minimum Gasteiger partial charge on any atom is -0.398 e. The van der Waals surface area contributed by atoms with E-state index in [1.807, 2.05) is 19.1 Å². The number of methoxy groups -OCH3 is 1. The van der Waals surface area contributed by atoms with Gasteiger partial charge in [0.25, 0.3) is 0 Å². The van der Waals surface area contributed by atoms with Crippen molar-refractivity contribution in [3.63, 3.8) is 0 Å². The standard InChI is InChI=1S/C15H24N2O4/c1-12-4-5-13(10-14(12)16)17-15(18)11-21-7-3-6-20-9-8-19-2/h4-5,10H,3,6-9,11,16H2,1-2H3,(H,17,18). The average Bonchev–Trinajstić information content (AvgIpc) is 2.46. The summed E-state index contributed by atoms with van der Waals surface area (Å²) < 4.78 is 15.4. The maximum Gasteiger partial charge on any atom is 0.250 e. The molecule has 6 nitrogen and oxygen atoms in total. The van der Waals surface area contributed by atoms with Gasteiger partial charge >= 0.3 is 0 Å². The minimum absolute atomic E-state index is 0.0197. The number of ether oxygens (including phenoxy) is 3. The van der Waals surface area contributed by atoms with Crippen molar-refractivity contribution in [2.45, 2.75) is 13.3 Å². The first-order valence-electron chi connectivity index (χ1n) is 6.94. The lowest BCUT2D eigenvalue weighted by molar-refractivity contribution is -0.120. The summed E-state index contributed by atoms with van der Waals surface area (Å²) in [7, 11) is 1.63. The largest absolute Gasteiger partial charge is 0.398 e. The number of hydrogen-bond donors (Lipinski definition) is 2. The Morgan fingerprint density at radius 3 is 2.67 bits per heavy atom. The van der Waals surface area contributed by atoms with Gasteiger partial charge in [0.15, 0.2) is 0 Å². The second kappa shape index (κ2) is 10.1. The first-order chi connectivity index (χ1) is 10.1. The molecular formula is C15H24N2O4. The highest BCUT2D eigenvalue weighted by Crippen LogP contribution is 2.16. The van der Waals surface area contributed by atoms with Crippen LogP contribution in [-0.4, -0.2) is 46.1 Å². The van der Waals surface area contributed by atoms with Crippen molar-refractivity contribution in [2.75, 3.05) is 51.2 Å². The van der Waals surface area contributed by atoms with Crippen molar-refractivity contribution in [1.29, 1.82) is 0 Å². The normalized spacial score (nSPS) is 10.6. The molecule has 6 heteroatoms. The van der Waals surface area contributed by atoms with E-state index < -0.39 is 0 Å². The molecule has 0 heterocycles. The fourth-order valence-corrected chi connectivity index (χ4v) is 1.59. The van der Waals surface area contributed by atoms with Gasteiger partial charge in [-0.1, -0.05) is 6.07 Å². The van der Waals surface area contributed by atoms with Crippen LogP contribution in [0.25, 0.3) is 0 Å². The van der Waals surface area contributed by atoms with E-state index in [0.29, 0.717) is 37.8 Å². The highest BCUT2D eigenvalue weighted by atomic mass is 16.5. The smallest absolute Gasteiger partial charge is 0.250 e. The van der Waals surface area contributed by atoms with Crippen LogP contribution < -0.4 is 11.1 Å². The Hall–Kier alpha value is -1.63. The lowest BCUT2D eigenvalue weighted by atomic mass is 10.2. The molecule has 0 saturated heterocycles. The summed E-state index contributed by atoms with van der Waals surface area (Å²) in [6.45, 7) is 4.18. The van der Waals surface area contributed by atoms with Crippen molar-refractivity contribution in [3.8, 4) is 0 Å². The van der Waals surface area contributed by atoms with E-state index in [-0.39, 0.29) is 12.5 Å². The molecule has 0 aromatic heterocycles. The third-order valence-corrected chi connectivity index (χ3v) is 2.81. The fraction of sp³-hybridized carbons (Fsp3) is 0.533. The average molecular weight is 296 g/mol. The van der Waals surface area contributed by atoms with E-state index in [9.17, 15) is 4.79 Å². The molecule has 1 rings (SSSR count). The van der Waals surface area contributed by atoms with Gasteiger partial charge in [0.2, 0.25) is 5.91 Å². The molecule has 3 N–H and O–H groups in total. The van der Waals surface area contributed by atoms with Crippen LogP contribution in [0.3, 0.4) is 0 Å². The van der Waals surface area contributed by atoms with E-state index in [0.717, 1.165) is 12.0 Å². The van der Waals surface area contributed by atoms with Crippen LogP contribution in [-0.2, 0) is 19.0 Å². The molecule has 0 saturated carbocycles. The van der Waals surface area contributed by atoms with Crippen molar-refractivity contribution in [3.05, 3.63) is 23.8 Å². The molecule has 0 unspecified atom stereocenters. The van der Waals surface area contributed by atoms with Crippen molar-refractivity contribution in [1.82, 2.24) is 0 Å². The fourth-order valence-electron chi connectivity index (χ4n) is 1.59.